The maximum atomic E-state index is 8.34. The van der Waals surface area contributed by atoms with Crippen molar-refractivity contribution in [2.75, 3.05) is 0 Å². The van der Waals surface area contributed by atoms with Crippen molar-refractivity contribution in [2.24, 2.45) is 0 Å². The van der Waals surface area contributed by atoms with Crippen LogP contribution in [0, 0.1) is 23.2 Å². The van der Waals surface area contributed by atoms with Gasteiger partial charge in [0.15, 0.2) is 0 Å². The Morgan fingerprint density at radius 2 is 2.36 bits per heavy atom. The summed E-state index contributed by atoms with van der Waals surface area (Å²) in [5.74, 6) is 5.71. The Morgan fingerprint density at radius 1 is 1.43 bits per heavy atom. The topological polar surface area (TPSA) is 52.5 Å². The number of benzene rings is 1. The minimum Gasteiger partial charge on any atom is -0.277 e. The molecule has 3 heteroatoms. The molecule has 0 radical (unpaired) electrons. The number of nitrogens with one attached hydrogen (secondary N) is 1. The third-order valence-electron chi connectivity index (χ3n) is 1.87. The van der Waals surface area contributed by atoms with E-state index in [0.717, 1.165) is 16.5 Å². The van der Waals surface area contributed by atoms with Gasteiger partial charge in [-0.15, -0.1) is 0 Å². The second-order valence-electron chi connectivity index (χ2n) is 2.78. The van der Waals surface area contributed by atoms with Crippen LogP contribution in [0.4, 0.5) is 0 Å². The standard InChI is InChI=1S/C11H7N3/c12-7-2-1-4-9-5-3-6-10-8-13-14-11(9)10/h3,5-6,8H,2H2,(H,13,14). The van der Waals surface area contributed by atoms with Crippen molar-refractivity contribution in [1.82, 2.24) is 10.2 Å². The van der Waals surface area contributed by atoms with Crippen LogP contribution in [-0.2, 0) is 0 Å². The summed E-state index contributed by atoms with van der Waals surface area (Å²) >= 11 is 0. The molecular weight excluding hydrogens is 174 g/mol. The molecule has 0 unspecified atom stereocenters. The zero-order valence-corrected chi connectivity index (χ0v) is 7.41. The molecule has 0 bridgehead atoms. The molecule has 1 N–H and O–H groups in total. The first-order chi connectivity index (χ1) is 6.92. The van der Waals surface area contributed by atoms with Gasteiger partial charge in [-0.3, -0.25) is 5.10 Å². The number of hydrogen-bond donors (Lipinski definition) is 1. The summed E-state index contributed by atoms with van der Waals surface area (Å²) in [4.78, 5) is 0. The van der Waals surface area contributed by atoms with Crippen molar-refractivity contribution in [1.29, 1.82) is 5.26 Å². The molecule has 1 aromatic heterocycles. The average Bonchev–Trinajstić information content (AvgIpc) is 2.67. The highest BCUT2D eigenvalue weighted by Crippen LogP contribution is 2.13. The Hall–Kier alpha value is -2.26. The molecule has 0 fully saturated rings. The quantitative estimate of drug-likeness (QED) is 0.630. The minimum absolute atomic E-state index is 0.254. The lowest BCUT2D eigenvalue weighted by Gasteiger charge is -1.91. The molecule has 66 valence electrons. The molecule has 1 heterocycles. The first-order valence-corrected chi connectivity index (χ1v) is 4.20. The van der Waals surface area contributed by atoms with Crippen LogP contribution in [0.3, 0.4) is 0 Å². The number of hydrogen-bond acceptors (Lipinski definition) is 2. The van der Waals surface area contributed by atoms with Crippen LogP contribution in [0.25, 0.3) is 10.9 Å². The van der Waals surface area contributed by atoms with Crippen LogP contribution < -0.4 is 0 Å². The smallest absolute Gasteiger partial charge is 0.0966 e. The Labute approximate surface area is 81.4 Å². The highest BCUT2D eigenvalue weighted by molar-refractivity contribution is 5.83. The predicted octanol–water partition coefficient (Wildman–Crippen LogP) is 1.83. The van der Waals surface area contributed by atoms with Gasteiger partial charge in [-0.05, 0) is 6.07 Å². The second-order valence-corrected chi connectivity index (χ2v) is 2.78. The number of aromatic nitrogens is 2. The number of nitriles is 1. The molecule has 0 aliphatic rings. The summed E-state index contributed by atoms with van der Waals surface area (Å²) < 4.78 is 0. The van der Waals surface area contributed by atoms with E-state index in [1.54, 1.807) is 6.20 Å². The zero-order chi connectivity index (χ0) is 9.80. The number of para-hydroxylation sites is 1. The van der Waals surface area contributed by atoms with Gasteiger partial charge in [0.1, 0.15) is 0 Å². The van der Waals surface area contributed by atoms with Crippen molar-refractivity contribution in [3.8, 4) is 17.9 Å². The molecule has 2 rings (SSSR count). The van der Waals surface area contributed by atoms with E-state index in [4.69, 9.17) is 5.26 Å². The van der Waals surface area contributed by atoms with E-state index in [9.17, 15) is 0 Å². The molecule has 0 atom stereocenters. The SMILES string of the molecule is N#CCC#Cc1cccc2cn[nH]c12. The van der Waals surface area contributed by atoms with Gasteiger partial charge in [-0.25, -0.2) is 0 Å². The summed E-state index contributed by atoms with van der Waals surface area (Å²) in [6.45, 7) is 0. The molecule has 0 aliphatic carbocycles. The molecular formula is C11H7N3. The number of rotatable bonds is 0. The van der Waals surface area contributed by atoms with E-state index in [0.29, 0.717) is 0 Å². The average molecular weight is 181 g/mol. The molecule has 3 nitrogen and oxygen atoms in total. The molecule has 14 heavy (non-hydrogen) atoms. The van der Waals surface area contributed by atoms with Crippen molar-refractivity contribution in [3.05, 3.63) is 30.0 Å². The van der Waals surface area contributed by atoms with Gasteiger partial charge >= 0.3 is 0 Å². The van der Waals surface area contributed by atoms with Crippen LogP contribution in [0.1, 0.15) is 12.0 Å². The summed E-state index contributed by atoms with van der Waals surface area (Å²) in [6, 6.07) is 7.78. The number of fused-ring (bicyclic) bond motifs is 1. The number of nitrogens with zero attached hydrogens (tertiary/aromatic N) is 2. The normalized spacial score (nSPS) is 9.07. The first-order valence-electron chi connectivity index (χ1n) is 4.20. The van der Waals surface area contributed by atoms with E-state index in [1.165, 1.54) is 0 Å². The van der Waals surface area contributed by atoms with E-state index < -0.39 is 0 Å². The molecule has 1 aromatic carbocycles. The number of aromatic amines is 1. The van der Waals surface area contributed by atoms with E-state index in [2.05, 4.69) is 22.0 Å². The van der Waals surface area contributed by atoms with E-state index >= 15 is 0 Å². The largest absolute Gasteiger partial charge is 0.277 e. The highest BCUT2D eigenvalue weighted by atomic mass is 15.1. The van der Waals surface area contributed by atoms with Crippen molar-refractivity contribution in [2.45, 2.75) is 6.42 Å². The highest BCUT2D eigenvalue weighted by Gasteiger charge is 1.98. The lowest BCUT2D eigenvalue weighted by atomic mass is 10.1. The fraction of sp³-hybridized carbons (Fsp3) is 0.0909. The Balaban J connectivity index is 2.49. The van der Waals surface area contributed by atoms with Crippen LogP contribution in [0.15, 0.2) is 24.4 Å². The maximum absolute atomic E-state index is 8.34. The van der Waals surface area contributed by atoms with Crippen LogP contribution in [-0.4, -0.2) is 10.2 Å². The van der Waals surface area contributed by atoms with Crippen molar-refractivity contribution >= 4 is 10.9 Å². The summed E-state index contributed by atoms with van der Waals surface area (Å²) in [6.07, 6.45) is 2.01. The molecule has 2 aromatic rings. The molecule has 0 saturated carbocycles. The van der Waals surface area contributed by atoms with Gasteiger partial charge in [-0.2, -0.15) is 10.4 Å². The number of H-pyrrole nitrogens is 1. The van der Waals surface area contributed by atoms with Crippen LogP contribution in [0.5, 0.6) is 0 Å². The lowest BCUT2D eigenvalue weighted by molar-refractivity contribution is 1.12. The second kappa shape index (κ2) is 3.64. The summed E-state index contributed by atoms with van der Waals surface area (Å²) in [7, 11) is 0. The Bertz CT molecular complexity index is 549. The molecule has 0 amide bonds. The third-order valence-corrected chi connectivity index (χ3v) is 1.87. The van der Waals surface area contributed by atoms with Gasteiger partial charge in [0.05, 0.1) is 29.8 Å². The lowest BCUT2D eigenvalue weighted by Crippen LogP contribution is -1.77. The first kappa shape index (κ1) is 8.34. The minimum atomic E-state index is 0.254. The van der Waals surface area contributed by atoms with Gasteiger partial charge in [0.25, 0.3) is 0 Å². The Kier molecular flexibility index (Phi) is 2.17. The van der Waals surface area contributed by atoms with Crippen LogP contribution >= 0.6 is 0 Å². The van der Waals surface area contributed by atoms with Gasteiger partial charge in [0, 0.05) is 5.39 Å². The molecule has 0 aliphatic heterocycles. The molecule has 0 spiro atoms. The van der Waals surface area contributed by atoms with Crippen LogP contribution in [0.2, 0.25) is 0 Å². The maximum Gasteiger partial charge on any atom is 0.0966 e. The van der Waals surface area contributed by atoms with Crippen molar-refractivity contribution < 1.29 is 0 Å². The Morgan fingerprint density at radius 3 is 3.21 bits per heavy atom. The van der Waals surface area contributed by atoms with Crippen molar-refractivity contribution in [3.63, 3.8) is 0 Å². The molecule has 0 saturated heterocycles. The monoisotopic (exact) mass is 181 g/mol. The summed E-state index contributed by atoms with van der Waals surface area (Å²) in [5, 5.41) is 16.2. The van der Waals surface area contributed by atoms with E-state index in [-0.39, 0.29) is 6.42 Å². The third kappa shape index (κ3) is 1.44. The van der Waals surface area contributed by atoms with Gasteiger partial charge in [-0.1, -0.05) is 24.0 Å². The predicted molar refractivity (Wildman–Crippen MR) is 53.2 cm³/mol. The fourth-order valence-electron chi connectivity index (χ4n) is 1.25. The van der Waals surface area contributed by atoms with Gasteiger partial charge < -0.3 is 0 Å². The van der Waals surface area contributed by atoms with E-state index in [1.807, 2.05) is 24.3 Å². The van der Waals surface area contributed by atoms with Gasteiger partial charge in [0.2, 0.25) is 0 Å². The zero-order valence-electron chi connectivity index (χ0n) is 7.41. The summed E-state index contributed by atoms with van der Waals surface area (Å²) in [5.41, 5.74) is 1.81. The fourth-order valence-corrected chi connectivity index (χ4v) is 1.25.